The van der Waals surface area contributed by atoms with Crippen LogP contribution in [0.2, 0.25) is 0 Å². The van der Waals surface area contributed by atoms with E-state index < -0.39 is 11.5 Å². The van der Waals surface area contributed by atoms with Gasteiger partial charge in [-0.1, -0.05) is 36.4 Å². The number of ether oxygens (including phenoxy) is 1. The number of benzene rings is 3. The van der Waals surface area contributed by atoms with E-state index in [4.69, 9.17) is 9.15 Å². The normalized spacial score (nSPS) is 10.7. The summed E-state index contributed by atoms with van der Waals surface area (Å²) in [5.74, 6) is 0.157. The molecule has 0 aliphatic rings. The Morgan fingerprint density at radius 1 is 0.897 bits per heavy atom. The SMILES string of the molecule is CCOc1ccc2cc(C(=O)N(c3ccccc3)c3ccccc3)c(=O)oc2c1. The number of hydrogen-bond donors (Lipinski definition) is 0. The van der Waals surface area contributed by atoms with E-state index in [9.17, 15) is 9.59 Å². The Kier molecular flexibility index (Phi) is 5.12. The summed E-state index contributed by atoms with van der Waals surface area (Å²) in [5.41, 5.74) is 0.982. The molecular weight excluding hydrogens is 366 g/mol. The summed E-state index contributed by atoms with van der Waals surface area (Å²) in [7, 11) is 0. The van der Waals surface area contributed by atoms with Gasteiger partial charge in [0.15, 0.2) is 0 Å². The number of carbonyl (C=O) groups is 1. The van der Waals surface area contributed by atoms with Crippen LogP contribution in [0.3, 0.4) is 0 Å². The molecule has 5 heteroatoms. The molecule has 0 unspecified atom stereocenters. The quantitative estimate of drug-likeness (QED) is 0.445. The largest absolute Gasteiger partial charge is 0.494 e. The van der Waals surface area contributed by atoms with E-state index in [0.717, 1.165) is 0 Å². The molecule has 4 aromatic rings. The predicted octanol–water partition coefficient (Wildman–Crippen LogP) is 5.17. The lowest BCUT2D eigenvalue weighted by Crippen LogP contribution is -2.30. The van der Waals surface area contributed by atoms with E-state index >= 15 is 0 Å². The maximum atomic E-state index is 13.4. The molecule has 3 aromatic carbocycles. The lowest BCUT2D eigenvalue weighted by Gasteiger charge is -2.22. The van der Waals surface area contributed by atoms with E-state index in [0.29, 0.717) is 34.7 Å². The number of para-hydroxylation sites is 2. The number of hydrogen-bond acceptors (Lipinski definition) is 4. The van der Waals surface area contributed by atoms with Gasteiger partial charge in [0.2, 0.25) is 0 Å². The Hall–Kier alpha value is -3.86. The van der Waals surface area contributed by atoms with Gasteiger partial charge in [-0.25, -0.2) is 4.79 Å². The van der Waals surface area contributed by atoms with Crippen LogP contribution in [-0.2, 0) is 0 Å². The summed E-state index contributed by atoms with van der Waals surface area (Å²) in [6.45, 7) is 2.39. The molecule has 4 rings (SSSR count). The summed E-state index contributed by atoms with van der Waals surface area (Å²) in [6, 6.07) is 25.2. The number of nitrogens with zero attached hydrogens (tertiary/aromatic N) is 1. The highest BCUT2D eigenvalue weighted by molar-refractivity contribution is 6.11. The Labute approximate surface area is 167 Å². The Bertz CT molecular complexity index is 1160. The second-order valence-corrected chi connectivity index (χ2v) is 6.39. The second-order valence-electron chi connectivity index (χ2n) is 6.39. The van der Waals surface area contributed by atoms with Gasteiger partial charge in [0.1, 0.15) is 16.9 Å². The van der Waals surface area contributed by atoms with Gasteiger partial charge in [-0.2, -0.15) is 0 Å². The van der Waals surface area contributed by atoms with Crippen LogP contribution in [0.4, 0.5) is 11.4 Å². The van der Waals surface area contributed by atoms with E-state index in [1.807, 2.05) is 67.6 Å². The zero-order chi connectivity index (χ0) is 20.2. The average Bonchev–Trinajstić information content (AvgIpc) is 2.75. The molecule has 0 N–H and O–H groups in total. The van der Waals surface area contributed by atoms with Crippen LogP contribution in [0.1, 0.15) is 17.3 Å². The fourth-order valence-corrected chi connectivity index (χ4v) is 3.16. The fourth-order valence-electron chi connectivity index (χ4n) is 3.16. The minimum atomic E-state index is -0.687. The number of fused-ring (bicyclic) bond motifs is 1. The number of anilines is 2. The molecule has 0 atom stereocenters. The van der Waals surface area contributed by atoms with E-state index in [2.05, 4.69) is 0 Å². The zero-order valence-electron chi connectivity index (χ0n) is 15.9. The van der Waals surface area contributed by atoms with Gasteiger partial charge in [-0.05, 0) is 49.4 Å². The second kappa shape index (κ2) is 8.02. The monoisotopic (exact) mass is 385 g/mol. The van der Waals surface area contributed by atoms with Crippen LogP contribution in [-0.4, -0.2) is 12.5 Å². The molecule has 0 aliphatic carbocycles. The lowest BCUT2D eigenvalue weighted by molar-refractivity contribution is 0.0996. The highest BCUT2D eigenvalue weighted by Gasteiger charge is 2.23. The van der Waals surface area contributed by atoms with Crippen LogP contribution in [0.5, 0.6) is 5.75 Å². The van der Waals surface area contributed by atoms with Crippen molar-refractivity contribution in [3.8, 4) is 5.75 Å². The molecule has 1 heterocycles. The lowest BCUT2D eigenvalue weighted by atomic mass is 10.1. The minimum absolute atomic E-state index is 0.0330. The third kappa shape index (κ3) is 3.75. The molecule has 0 aliphatic heterocycles. The van der Waals surface area contributed by atoms with Crippen molar-refractivity contribution in [3.63, 3.8) is 0 Å². The average molecular weight is 385 g/mol. The van der Waals surface area contributed by atoms with Crippen molar-refractivity contribution in [3.05, 3.63) is 101 Å². The van der Waals surface area contributed by atoms with Crippen LogP contribution in [0.15, 0.2) is 94.1 Å². The van der Waals surface area contributed by atoms with Crippen molar-refractivity contribution < 1.29 is 13.9 Å². The van der Waals surface area contributed by atoms with Gasteiger partial charge in [0.25, 0.3) is 5.91 Å². The zero-order valence-corrected chi connectivity index (χ0v) is 15.9. The third-order valence-corrected chi connectivity index (χ3v) is 4.48. The molecule has 5 nitrogen and oxygen atoms in total. The third-order valence-electron chi connectivity index (χ3n) is 4.48. The maximum Gasteiger partial charge on any atom is 0.349 e. The first kappa shape index (κ1) is 18.5. The van der Waals surface area contributed by atoms with Crippen molar-refractivity contribution in [2.75, 3.05) is 11.5 Å². The van der Waals surface area contributed by atoms with Crippen molar-refractivity contribution in [2.24, 2.45) is 0 Å². The Morgan fingerprint density at radius 2 is 1.52 bits per heavy atom. The molecule has 29 heavy (non-hydrogen) atoms. The molecule has 1 amide bonds. The van der Waals surface area contributed by atoms with Gasteiger partial charge in [-0.3, -0.25) is 9.69 Å². The van der Waals surface area contributed by atoms with Gasteiger partial charge in [-0.15, -0.1) is 0 Å². The summed E-state index contributed by atoms with van der Waals surface area (Å²) < 4.78 is 10.9. The number of carbonyl (C=O) groups excluding carboxylic acids is 1. The summed E-state index contributed by atoms with van der Waals surface area (Å²) >= 11 is 0. The van der Waals surface area contributed by atoms with Gasteiger partial charge in [0.05, 0.1) is 6.61 Å². The summed E-state index contributed by atoms with van der Waals surface area (Å²) in [6.07, 6.45) is 0. The predicted molar refractivity (Wildman–Crippen MR) is 113 cm³/mol. The molecular formula is C24H19NO4. The first-order chi connectivity index (χ1) is 14.2. The molecule has 0 saturated carbocycles. The molecule has 1 aromatic heterocycles. The molecule has 144 valence electrons. The van der Waals surface area contributed by atoms with Crippen LogP contribution in [0.25, 0.3) is 11.0 Å². The summed E-state index contributed by atoms with van der Waals surface area (Å²) in [5, 5.41) is 0.650. The van der Waals surface area contributed by atoms with E-state index in [1.54, 1.807) is 24.3 Å². The van der Waals surface area contributed by atoms with Gasteiger partial charge in [0, 0.05) is 22.8 Å². The Morgan fingerprint density at radius 3 is 2.10 bits per heavy atom. The van der Waals surface area contributed by atoms with E-state index in [-0.39, 0.29) is 5.56 Å². The first-order valence-corrected chi connectivity index (χ1v) is 9.32. The number of amides is 1. The van der Waals surface area contributed by atoms with Gasteiger partial charge >= 0.3 is 5.63 Å². The molecule has 0 spiro atoms. The van der Waals surface area contributed by atoms with Crippen molar-refractivity contribution in [2.45, 2.75) is 6.92 Å². The van der Waals surface area contributed by atoms with Crippen molar-refractivity contribution >= 4 is 28.3 Å². The van der Waals surface area contributed by atoms with Crippen LogP contribution < -0.4 is 15.3 Å². The van der Waals surface area contributed by atoms with E-state index in [1.165, 1.54) is 4.90 Å². The smallest absolute Gasteiger partial charge is 0.349 e. The highest BCUT2D eigenvalue weighted by Crippen LogP contribution is 2.28. The van der Waals surface area contributed by atoms with Gasteiger partial charge < -0.3 is 9.15 Å². The topological polar surface area (TPSA) is 59.8 Å². The van der Waals surface area contributed by atoms with Crippen LogP contribution in [0, 0.1) is 0 Å². The summed E-state index contributed by atoms with van der Waals surface area (Å²) in [4.78, 5) is 27.6. The maximum absolute atomic E-state index is 13.4. The minimum Gasteiger partial charge on any atom is -0.494 e. The van der Waals surface area contributed by atoms with Crippen molar-refractivity contribution in [1.82, 2.24) is 0 Å². The highest BCUT2D eigenvalue weighted by atomic mass is 16.5. The standard InChI is InChI=1S/C24H19NO4/c1-2-28-20-14-13-17-15-21(24(27)29-22(17)16-20)23(26)25(18-9-5-3-6-10-18)19-11-7-4-8-12-19/h3-16H,2H2,1H3. The first-order valence-electron chi connectivity index (χ1n) is 9.32. The van der Waals surface area contributed by atoms with Crippen molar-refractivity contribution in [1.29, 1.82) is 0 Å². The number of rotatable bonds is 5. The Balaban J connectivity index is 1.82. The molecule has 0 bridgehead atoms. The molecule has 0 fully saturated rings. The molecule has 0 saturated heterocycles. The fraction of sp³-hybridized carbons (Fsp3) is 0.0833. The molecule has 0 radical (unpaired) electrons. The van der Waals surface area contributed by atoms with Crippen LogP contribution >= 0.6 is 0 Å².